The van der Waals surface area contributed by atoms with Gasteiger partial charge in [-0.1, -0.05) is 42.2 Å². The molecule has 0 aliphatic heterocycles. The number of H-pyrrole nitrogens is 1. The van der Waals surface area contributed by atoms with Gasteiger partial charge in [-0.15, -0.1) is 0 Å². The summed E-state index contributed by atoms with van der Waals surface area (Å²) in [4.78, 5) is 1.11. The molecular formula is C9H7N3S2. The Labute approximate surface area is 90.9 Å². The molecule has 1 N–H and O–H groups in total. The van der Waals surface area contributed by atoms with Crippen LogP contribution in [-0.2, 0) is 0 Å². The number of nitrogens with zero attached hydrogens (tertiary/aromatic N) is 2. The van der Waals surface area contributed by atoms with Crippen LogP contribution >= 0.6 is 24.0 Å². The van der Waals surface area contributed by atoms with Gasteiger partial charge in [-0.3, -0.25) is 0 Å². The van der Waals surface area contributed by atoms with Crippen LogP contribution in [0.4, 0.5) is 0 Å². The third-order valence-corrected chi connectivity index (χ3v) is 2.94. The molecule has 0 radical (unpaired) electrons. The Kier molecular flexibility index (Phi) is 2.90. The van der Waals surface area contributed by atoms with Crippen LogP contribution in [-0.4, -0.2) is 19.6 Å². The van der Waals surface area contributed by atoms with Crippen molar-refractivity contribution in [3.05, 3.63) is 42.2 Å². The Balaban J connectivity index is 2.10. The second-order valence-electron chi connectivity index (χ2n) is 2.56. The van der Waals surface area contributed by atoms with Gasteiger partial charge in [-0.2, -0.15) is 15.4 Å². The fraction of sp³-hybridized carbons (Fsp3) is 0. The van der Waals surface area contributed by atoms with Gasteiger partial charge in [0.25, 0.3) is 0 Å². The first-order valence-electron chi connectivity index (χ1n) is 3.99. The first-order chi connectivity index (χ1) is 6.86. The van der Waals surface area contributed by atoms with Crippen molar-refractivity contribution < 1.29 is 0 Å². The summed E-state index contributed by atoms with van der Waals surface area (Å²) in [6.07, 6.45) is 1.62. The molecule has 0 fully saturated rings. The SMILES string of the molecule is S=C(Sc1ccccc1)c1cn[nH]n1. The average molecular weight is 221 g/mol. The molecule has 2 aromatic rings. The minimum atomic E-state index is 0.717. The summed E-state index contributed by atoms with van der Waals surface area (Å²) in [7, 11) is 0. The van der Waals surface area contributed by atoms with Crippen LogP contribution in [0.25, 0.3) is 0 Å². The van der Waals surface area contributed by atoms with E-state index in [9.17, 15) is 0 Å². The van der Waals surface area contributed by atoms with Gasteiger partial charge in [0.05, 0.1) is 6.20 Å². The second-order valence-corrected chi connectivity index (χ2v) is 4.31. The molecule has 1 aromatic heterocycles. The second kappa shape index (κ2) is 4.34. The van der Waals surface area contributed by atoms with Gasteiger partial charge < -0.3 is 0 Å². The van der Waals surface area contributed by atoms with Gasteiger partial charge in [0, 0.05) is 4.90 Å². The van der Waals surface area contributed by atoms with E-state index >= 15 is 0 Å². The standard InChI is InChI=1S/C9H7N3S2/c13-9(8-6-10-12-11-8)14-7-4-2-1-3-5-7/h1-6H,(H,10,11,12). The third-order valence-electron chi connectivity index (χ3n) is 1.58. The molecule has 14 heavy (non-hydrogen) atoms. The zero-order chi connectivity index (χ0) is 9.80. The molecule has 0 saturated heterocycles. The van der Waals surface area contributed by atoms with Crippen molar-refractivity contribution in [3.8, 4) is 0 Å². The highest BCUT2D eigenvalue weighted by molar-refractivity contribution is 8.23. The first kappa shape index (κ1) is 9.36. The topological polar surface area (TPSA) is 41.6 Å². The molecule has 0 aliphatic rings. The van der Waals surface area contributed by atoms with Crippen molar-refractivity contribution in [3.63, 3.8) is 0 Å². The lowest BCUT2D eigenvalue weighted by Gasteiger charge is -1.98. The van der Waals surface area contributed by atoms with Gasteiger partial charge in [0.2, 0.25) is 0 Å². The van der Waals surface area contributed by atoms with Crippen molar-refractivity contribution in [2.24, 2.45) is 0 Å². The molecule has 0 bridgehead atoms. The molecule has 3 nitrogen and oxygen atoms in total. The van der Waals surface area contributed by atoms with Crippen molar-refractivity contribution in [1.82, 2.24) is 15.4 Å². The van der Waals surface area contributed by atoms with Gasteiger partial charge in [0.15, 0.2) is 0 Å². The van der Waals surface area contributed by atoms with Crippen LogP contribution in [0, 0.1) is 0 Å². The van der Waals surface area contributed by atoms with E-state index in [1.54, 1.807) is 6.20 Å². The van der Waals surface area contributed by atoms with E-state index in [2.05, 4.69) is 15.4 Å². The van der Waals surface area contributed by atoms with E-state index in [1.807, 2.05) is 30.3 Å². The summed E-state index contributed by atoms with van der Waals surface area (Å²) in [6.45, 7) is 0. The van der Waals surface area contributed by atoms with Crippen LogP contribution in [0.5, 0.6) is 0 Å². The van der Waals surface area contributed by atoms with Gasteiger partial charge in [-0.25, -0.2) is 0 Å². The Morgan fingerprint density at radius 1 is 1.29 bits per heavy atom. The van der Waals surface area contributed by atoms with Crippen molar-refractivity contribution >= 4 is 28.2 Å². The highest BCUT2D eigenvalue weighted by Crippen LogP contribution is 2.21. The van der Waals surface area contributed by atoms with E-state index < -0.39 is 0 Å². The minimum absolute atomic E-state index is 0.717. The number of aromatic amines is 1. The summed E-state index contributed by atoms with van der Waals surface area (Å²) in [5.74, 6) is 0. The zero-order valence-electron chi connectivity index (χ0n) is 7.18. The Morgan fingerprint density at radius 2 is 2.07 bits per heavy atom. The molecular weight excluding hydrogens is 214 g/mol. The largest absolute Gasteiger partial charge is 0.197 e. The van der Waals surface area contributed by atoms with E-state index in [-0.39, 0.29) is 0 Å². The van der Waals surface area contributed by atoms with E-state index in [0.29, 0.717) is 5.69 Å². The first-order valence-corrected chi connectivity index (χ1v) is 5.22. The van der Waals surface area contributed by atoms with Crippen molar-refractivity contribution in [2.75, 3.05) is 0 Å². The van der Waals surface area contributed by atoms with Crippen LogP contribution in [0.2, 0.25) is 0 Å². The van der Waals surface area contributed by atoms with Gasteiger partial charge in [0.1, 0.15) is 9.89 Å². The summed E-state index contributed by atoms with van der Waals surface area (Å²) in [5, 5.41) is 10.2. The maximum Gasteiger partial charge on any atom is 0.130 e. The number of benzene rings is 1. The number of hydrogen-bond acceptors (Lipinski definition) is 4. The maximum absolute atomic E-state index is 5.20. The Bertz CT molecular complexity index is 411. The van der Waals surface area contributed by atoms with Crippen LogP contribution in [0.3, 0.4) is 0 Å². The summed E-state index contributed by atoms with van der Waals surface area (Å²) in [5.41, 5.74) is 0.717. The van der Waals surface area contributed by atoms with Gasteiger partial charge >= 0.3 is 0 Å². The highest BCUT2D eigenvalue weighted by Gasteiger charge is 2.05. The number of thiocarbonyl (C=S) groups is 1. The van der Waals surface area contributed by atoms with Gasteiger partial charge in [-0.05, 0) is 12.1 Å². The number of thioether (sulfide) groups is 1. The lowest BCUT2D eigenvalue weighted by atomic mass is 10.4. The quantitative estimate of drug-likeness (QED) is 0.624. The monoisotopic (exact) mass is 221 g/mol. The lowest BCUT2D eigenvalue weighted by Crippen LogP contribution is -1.91. The molecule has 1 aromatic carbocycles. The normalized spacial score (nSPS) is 10.0. The number of nitrogens with one attached hydrogen (secondary N) is 1. The predicted molar refractivity (Wildman–Crippen MR) is 60.4 cm³/mol. The molecule has 5 heteroatoms. The molecule has 0 saturated carbocycles. The highest BCUT2D eigenvalue weighted by atomic mass is 32.2. The zero-order valence-corrected chi connectivity index (χ0v) is 8.81. The van der Waals surface area contributed by atoms with Crippen molar-refractivity contribution in [1.29, 1.82) is 0 Å². The third kappa shape index (κ3) is 2.18. The van der Waals surface area contributed by atoms with Crippen LogP contribution in [0.15, 0.2) is 41.4 Å². The van der Waals surface area contributed by atoms with Crippen LogP contribution in [0.1, 0.15) is 5.69 Å². The Morgan fingerprint density at radius 3 is 2.71 bits per heavy atom. The van der Waals surface area contributed by atoms with E-state index in [4.69, 9.17) is 12.2 Å². The summed E-state index contributed by atoms with van der Waals surface area (Å²) in [6, 6.07) is 9.96. The fourth-order valence-corrected chi connectivity index (χ4v) is 2.05. The van der Waals surface area contributed by atoms with Crippen molar-refractivity contribution in [2.45, 2.75) is 4.90 Å². The molecule has 70 valence electrons. The van der Waals surface area contributed by atoms with Crippen LogP contribution < -0.4 is 0 Å². The predicted octanol–water partition coefficient (Wildman–Crippen LogP) is 2.27. The summed E-state index contributed by atoms with van der Waals surface area (Å²) >= 11 is 6.71. The van der Waals surface area contributed by atoms with E-state index in [1.165, 1.54) is 11.8 Å². The smallest absolute Gasteiger partial charge is 0.130 e. The molecule has 2 rings (SSSR count). The molecule has 0 aliphatic carbocycles. The molecule has 1 heterocycles. The Hall–Kier alpha value is -1.20. The number of rotatable bonds is 2. The molecule has 0 spiro atoms. The summed E-state index contributed by atoms with van der Waals surface area (Å²) < 4.78 is 0.727. The maximum atomic E-state index is 5.20. The molecule has 0 unspecified atom stereocenters. The molecule has 0 atom stereocenters. The lowest BCUT2D eigenvalue weighted by molar-refractivity contribution is 0.938. The van der Waals surface area contributed by atoms with E-state index in [0.717, 1.165) is 9.09 Å². The fourth-order valence-electron chi connectivity index (χ4n) is 0.948. The number of hydrogen-bond donors (Lipinski definition) is 1. The minimum Gasteiger partial charge on any atom is -0.197 e. The average Bonchev–Trinajstić information content (AvgIpc) is 2.72. The molecule has 0 amide bonds. The number of aromatic nitrogens is 3.